The lowest BCUT2D eigenvalue weighted by molar-refractivity contribution is 0.0600. The van der Waals surface area contributed by atoms with E-state index in [0.29, 0.717) is 40.8 Å². The van der Waals surface area contributed by atoms with Crippen LogP contribution in [0.25, 0.3) is 0 Å². The smallest absolute Gasteiger partial charge is 0.337 e. The molecule has 1 heterocycles. The first-order chi connectivity index (χ1) is 14.1. The van der Waals surface area contributed by atoms with E-state index in [9.17, 15) is 9.59 Å². The summed E-state index contributed by atoms with van der Waals surface area (Å²) in [6.07, 6.45) is 2.83. The quantitative estimate of drug-likeness (QED) is 0.592. The van der Waals surface area contributed by atoms with Crippen LogP contribution in [0.4, 0.5) is 17.3 Å². The highest BCUT2D eigenvalue weighted by Crippen LogP contribution is 2.24. The van der Waals surface area contributed by atoms with Gasteiger partial charge >= 0.3 is 5.97 Å². The van der Waals surface area contributed by atoms with Crippen molar-refractivity contribution in [3.05, 3.63) is 72.1 Å². The van der Waals surface area contributed by atoms with E-state index in [1.807, 2.05) is 19.1 Å². The van der Waals surface area contributed by atoms with Gasteiger partial charge in [-0.3, -0.25) is 4.79 Å². The number of esters is 1. The van der Waals surface area contributed by atoms with Crippen molar-refractivity contribution in [2.75, 3.05) is 24.4 Å². The monoisotopic (exact) mass is 392 g/mol. The third kappa shape index (κ3) is 5.07. The molecule has 0 saturated heterocycles. The summed E-state index contributed by atoms with van der Waals surface area (Å²) in [4.78, 5) is 32.4. The number of ether oxygens (including phenoxy) is 2. The maximum atomic E-state index is 12.5. The lowest BCUT2D eigenvalue weighted by atomic mass is 10.2. The molecule has 0 fully saturated rings. The van der Waals surface area contributed by atoms with Crippen molar-refractivity contribution in [3.8, 4) is 5.75 Å². The molecule has 1 amide bonds. The van der Waals surface area contributed by atoms with Gasteiger partial charge in [-0.2, -0.15) is 0 Å². The molecule has 2 N–H and O–H groups in total. The van der Waals surface area contributed by atoms with Gasteiger partial charge in [-0.25, -0.2) is 14.8 Å². The van der Waals surface area contributed by atoms with Crippen molar-refractivity contribution in [1.82, 2.24) is 9.97 Å². The molecule has 0 saturated carbocycles. The first-order valence-corrected chi connectivity index (χ1v) is 8.91. The van der Waals surface area contributed by atoms with E-state index in [0.717, 1.165) is 0 Å². The van der Waals surface area contributed by atoms with E-state index in [1.54, 1.807) is 36.4 Å². The number of nitrogens with zero attached hydrogens (tertiary/aromatic N) is 2. The number of hydrogen-bond donors (Lipinski definition) is 2. The summed E-state index contributed by atoms with van der Waals surface area (Å²) in [6.45, 7) is 2.37. The van der Waals surface area contributed by atoms with Crippen LogP contribution in [0.1, 0.15) is 27.6 Å². The molecule has 0 spiro atoms. The van der Waals surface area contributed by atoms with Crippen LogP contribution < -0.4 is 15.4 Å². The number of rotatable bonds is 7. The second-order valence-electron chi connectivity index (χ2n) is 5.88. The molecule has 148 valence electrons. The fraction of sp³-hybridized carbons (Fsp3) is 0.143. The topological polar surface area (TPSA) is 102 Å². The van der Waals surface area contributed by atoms with Crippen LogP contribution in [0.2, 0.25) is 0 Å². The number of aromatic nitrogens is 2. The summed E-state index contributed by atoms with van der Waals surface area (Å²) in [6, 6.07) is 13.9. The predicted octanol–water partition coefficient (Wildman–Crippen LogP) is 3.66. The van der Waals surface area contributed by atoms with Crippen molar-refractivity contribution in [1.29, 1.82) is 0 Å². The number of carbonyl (C=O) groups is 2. The van der Waals surface area contributed by atoms with Crippen molar-refractivity contribution < 1.29 is 19.1 Å². The number of amides is 1. The average Bonchev–Trinajstić information content (AvgIpc) is 2.75. The summed E-state index contributed by atoms with van der Waals surface area (Å²) in [5.41, 5.74) is 1.89. The Morgan fingerprint density at radius 2 is 1.76 bits per heavy atom. The van der Waals surface area contributed by atoms with Gasteiger partial charge in [0.15, 0.2) is 0 Å². The summed E-state index contributed by atoms with van der Waals surface area (Å²) >= 11 is 0. The largest absolute Gasteiger partial charge is 0.492 e. The van der Waals surface area contributed by atoms with Gasteiger partial charge in [-0.15, -0.1) is 0 Å². The Balaban J connectivity index is 1.69. The molecule has 0 aliphatic carbocycles. The first-order valence-electron chi connectivity index (χ1n) is 8.91. The Labute approximate surface area is 167 Å². The second kappa shape index (κ2) is 9.32. The van der Waals surface area contributed by atoms with Gasteiger partial charge in [0.2, 0.25) is 5.95 Å². The molecule has 8 heteroatoms. The second-order valence-corrected chi connectivity index (χ2v) is 5.88. The van der Waals surface area contributed by atoms with E-state index in [4.69, 9.17) is 9.47 Å². The molecule has 0 atom stereocenters. The normalized spacial score (nSPS) is 10.1. The zero-order chi connectivity index (χ0) is 20.6. The van der Waals surface area contributed by atoms with Crippen molar-refractivity contribution in [3.63, 3.8) is 0 Å². The Kier molecular flexibility index (Phi) is 6.36. The lowest BCUT2D eigenvalue weighted by Gasteiger charge is -2.11. The highest BCUT2D eigenvalue weighted by molar-refractivity contribution is 6.04. The zero-order valence-electron chi connectivity index (χ0n) is 16.0. The highest BCUT2D eigenvalue weighted by atomic mass is 16.5. The zero-order valence-corrected chi connectivity index (χ0v) is 16.0. The van der Waals surface area contributed by atoms with E-state index in [2.05, 4.69) is 20.6 Å². The number of benzene rings is 2. The molecule has 3 aromatic rings. The molecule has 0 radical (unpaired) electrons. The summed E-state index contributed by atoms with van der Waals surface area (Å²) in [5.74, 6) is 0.0941. The standard InChI is InChI=1S/C21H20N4O4/c1-3-29-18-10-5-4-9-17(18)25-19(26)15-12-22-21(23-13-15)24-16-8-6-7-14(11-16)20(27)28-2/h4-13H,3H2,1-2H3,(H,25,26)(H,22,23,24). The van der Waals surface area contributed by atoms with Gasteiger partial charge in [0, 0.05) is 18.1 Å². The van der Waals surface area contributed by atoms with Gasteiger partial charge in [-0.05, 0) is 37.3 Å². The first kappa shape index (κ1) is 19.8. The molecule has 0 aliphatic rings. The van der Waals surface area contributed by atoms with Crippen LogP contribution in [0.3, 0.4) is 0 Å². The third-order valence-electron chi connectivity index (χ3n) is 3.89. The fourth-order valence-electron chi connectivity index (χ4n) is 2.53. The van der Waals surface area contributed by atoms with Crippen molar-refractivity contribution in [2.24, 2.45) is 0 Å². The van der Waals surface area contributed by atoms with E-state index >= 15 is 0 Å². The Morgan fingerprint density at radius 1 is 1.00 bits per heavy atom. The van der Waals surface area contributed by atoms with E-state index < -0.39 is 5.97 Å². The molecule has 0 bridgehead atoms. The lowest BCUT2D eigenvalue weighted by Crippen LogP contribution is -2.14. The predicted molar refractivity (Wildman–Crippen MR) is 109 cm³/mol. The summed E-state index contributed by atoms with van der Waals surface area (Å²) in [7, 11) is 1.32. The van der Waals surface area contributed by atoms with Crippen molar-refractivity contribution in [2.45, 2.75) is 6.92 Å². The van der Waals surface area contributed by atoms with Crippen LogP contribution >= 0.6 is 0 Å². The average molecular weight is 392 g/mol. The highest BCUT2D eigenvalue weighted by Gasteiger charge is 2.11. The van der Waals surface area contributed by atoms with E-state index in [-0.39, 0.29) is 5.91 Å². The molecular formula is C21H20N4O4. The van der Waals surface area contributed by atoms with Gasteiger partial charge in [0.25, 0.3) is 5.91 Å². The van der Waals surface area contributed by atoms with Crippen LogP contribution in [0, 0.1) is 0 Å². The van der Waals surface area contributed by atoms with Crippen molar-refractivity contribution >= 4 is 29.2 Å². The fourth-order valence-corrected chi connectivity index (χ4v) is 2.53. The number of hydrogen-bond acceptors (Lipinski definition) is 7. The third-order valence-corrected chi connectivity index (χ3v) is 3.89. The minimum absolute atomic E-state index is 0.290. The Bertz CT molecular complexity index is 1010. The van der Waals surface area contributed by atoms with Gasteiger partial charge in [-0.1, -0.05) is 18.2 Å². The van der Waals surface area contributed by atoms with Crippen LogP contribution in [-0.4, -0.2) is 35.6 Å². The Hall–Kier alpha value is -3.94. The van der Waals surface area contributed by atoms with Gasteiger partial charge in [0.1, 0.15) is 5.75 Å². The van der Waals surface area contributed by atoms with Gasteiger partial charge in [0.05, 0.1) is 30.5 Å². The minimum Gasteiger partial charge on any atom is -0.492 e. The van der Waals surface area contributed by atoms with E-state index in [1.165, 1.54) is 19.5 Å². The maximum absolute atomic E-state index is 12.5. The maximum Gasteiger partial charge on any atom is 0.337 e. The summed E-state index contributed by atoms with van der Waals surface area (Å²) in [5, 5.41) is 5.77. The number of nitrogens with one attached hydrogen (secondary N) is 2. The number of carbonyl (C=O) groups excluding carboxylic acids is 2. The van der Waals surface area contributed by atoms with Crippen LogP contribution in [-0.2, 0) is 4.74 Å². The van der Waals surface area contributed by atoms with Crippen LogP contribution in [0.15, 0.2) is 60.9 Å². The van der Waals surface area contributed by atoms with Gasteiger partial charge < -0.3 is 20.1 Å². The van der Waals surface area contributed by atoms with Crippen LogP contribution in [0.5, 0.6) is 5.75 Å². The minimum atomic E-state index is -0.436. The molecule has 2 aromatic carbocycles. The number of methoxy groups -OCH3 is 1. The molecule has 3 rings (SSSR count). The molecule has 1 aromatic heterocycles. The summed E-state index contributed by atoms with van der Waals surface area (Å²) < 4.78 is 10.2. The molecular weight excluding hydrogens is 372 g/mol. The molecule has 29 heavy (non-hydrogen) atoms. The molecule has 0 aliphatic heterocycles. The molecule has 0 unspecified atom stereocenters. The SMILES string of the molecule is CCOc1ccccc1NC(=O)c1cnc(Nc2cccc(C(=O)OC)c2)nc1. The number of anilines is 3. The number of para-hydroxylation sites is 2. The molecule has 8 nitrogen and oxygen atoms in total. The Morgan fingerprint density at radius 3 is 2.48 bits per heavy atom.